The lowest BCUT2D eigenvalue weighted by Gasteiger charge is -2.51. The van der Waals surface area contributed by atoms with E-state index in [1.165, 1.54) is 96.6 Å². The van der Waals surface area contributed by atoms with Gasteiger partial charge in [0, 0.05) is 37.3 Å². The minimum atomic E-state index is -0.0715. The highest BCUT2D eigenvalue weighted by atomic mass is 16.3. The summed E-state index contributed by atoms with van der Waals surface area (Å²) < 4.78 is 0. The Labute approximate surface area is 160 Å². The van der Waals surface area contributed by atoms with Crippen LogP contribution in [-0.4, -0.2) is 58.3 Å². The highest BCUT2D eigenvalue weighted by Crippen LogP contribution is 2.47. The highest BCUT2D eigenvalue weighted by molar-refractivity contribution is 5.08. The van der Waals surface area contributed by atoms with E-state index in [9.17, 15) is 5.11 Å². The number of likely N-dealkylation sites (tertiary alicyclic amines) is 2. The van der Waals surface area contributed by atoms with E-state index in [-0.39, 0.29) is 11.6 Å². The molecule has 3 heteroatoms. The topological polar surface area (TPSA) is 26.7 Å². The third-order valence-electron chi connectivity index (χ3n) is 9.25. The largest absolute Gasteiger partial charge is 0.391 e. The monoisotopic (exact) mass is 360 g/mol. The van der Waals surface area contributed by atoms with E-state index in [0.29, 0.717) is 0 Å². The lowest BCUT2D eigenvalue weighted by molar-refractivity contribution is -0.0513. The van der Waals surface area contributed by atoms with E-state index in [1.54, 1.807) is 0 Å². The molecule has 5 aliphatic rings. The number of hydrogen-bond acceptors (Lipinski definition) is 3. The molecule has 3 unspecified atom stereocenters. The van der Waals surface area contributed by atoms with Crippen LogP contribution in [0.5, 0.6) is 0 Å². The summed E-state index contributed by atoms with van der Waals surface area (Å²) in [5, 5.41) is 11.0. The van der Waals surface area contributed by atoms with Crippen LogP contribution in [0.3, 0.4) is 0 Å². The lowest BCUT2D eigenvalue weighted by Crippen LogP contribution is -2.60. The van der Waals surface area contributed by atoms with Gasteiger partial charge in [-0.15, -0.1) is 0 Å². The van der Waals surface area contributed by atoms with Crippen molar-refractivity contribution < 1.29 is 5.11 Å². The van der Waals surface area contributed by atoms with Crippen molar-refractivity contribution in [3.63, 3.8) is 0 Å². The molecule has 5 rings (SSSR count). The molecule has 0 aromatic rings. The first-order chi connectivity index (χ1) is 12.8. The van der Waals surface area contributed by atoms with Crippen LogP contribution < -0.4 is 0 Å². The average molecular weight is 361 g/mol. The Hall–Kier alpha value is -0.120. The van der Waals surface area contributed by atoms with Crippen molar-refractivity contribution in [3.05, 3.63) is 0 Å². The maximum absolute atomic E-state index is 11.0. The molecule has 3 aliphatic carbocycles. The Kier molecular flexibility index (Phi) is 5.09. The van der Waals surface area contributed by atoms with Crippen molar-refractivity contribution in [2.75, 3.05) is 19.6 Å². The van der Waals surface area contributed by atoms with Gasteiger partial charge in [-0.2, -0.15) is 0 Å². The first-order valence-electron chi connectivity index (χ1n) is 12.0. The van der Waals surface area contributed by atoms with E-state index >= 15 is 0 Å². The second kappa shape index (κ2) is 7.37. The molecule has 0 radical (unpaired) electrons. The van der Waals surface area contributed by atoms with Gasteiger partial charge in [0.05, 0.1) is 6.10 Å². The molecule has 3 saturated carbocycles. The quantitative estimate of drug-likeness (QED) is 0.800. The molecule has 26 heavy (non-hydrogen) atoms. The van der Waals surface area contributed by atoms with Gasteiger partial charge in [0.25, 0.3) is 0 Å². The van der Waals surface area contributed by atoms with Crippen LogP contribution in [-0.2, 0) is 0 Å². The zero-order valence-electron chi connectivity index (χ0n) is 16.7. The Morgan fingerprint density at radius 3 is 1.92 bits per heavy atom. The normalized spacial score (nSPS) is 42.3. The number of aliphatic hydroxyl groups is 1. The number of rotatable bonds is 2. The van der Waals surface area contributed by atoms with Crippen LogP contribution in [0.1, 0.15) is 89.9 Å². The second-order valence-corrected chi connectivity index (χ2v) is 10.4. The SMILES string of the molecule is OC1CCN(C2CCCCC2)C12CCN(C1CC3CCCCC3C1)CC2. The number of fused-ring (bicyclic) bond motifs is 1. The van der Waals surface area contributed by atoms with Crippen LogP contribution in [0.4, 0.5) is 0 Å². The summed E-state index contributed by atoms with van der Waals surface area (Å²) in [6.45, 7) is 3.63. The van der Waals surface area contributed by atoms with Crippen LogP contribution in [0.25, 0.3) is 0 Å². The summed E-state index contributed by atoms with van der Waals surface area (Å²) in [5.41, 5.74) is 0.129. The Morgan fingerprint density at radius 1 is 0.654 bits per heavy atom. The zero-order valence-corrected chi connectivity index (χ0v) is 16.7. The van der Waals surface area contributed by atoms with Gasteiger partial charge >= 0.3 is 0 Å². The van der Waals surface area contributed by atoms with Crippen LogP contribution in [0, 0.1) is 11.8 Å². The van der Waals surface area contributed by atoms with Crippen molar-refractivity contribution in [2.45, 2.75) is 114 Å². The van der Waals surface area contributed by atoms with Gasteiger partial charge in [0.15, 0.2) is 0 Å². The second-order valence-electron chi connectivity index (χ2n) is 10.4. The first kappa shape index (κ1) is 17.9. The van der Waals surface area contributed by atoms with Crippen molar-refractivity contribution in [1.82, 2.24) is 9.80 Å². The van der Waals surface area contributed by atoms with Crippen LogP contribution in [0.2, 0.25) is 0 Å². The smallest absolute Gasteiger partial charge is 0.0737 e. The fourth-order valence-electron chi connectivity index (χ4n) is 7.78. The summed E-state index contributed by atoms with van der Waals surface area (Å²) in [6, 6.07) is 1.63. The van der Waals surface area contributed by atoms with E-state index in [0.717, 1.165) is 36.9 Å². The number of nitrogens with zero attached hydrogens (tertiary/aromatic N) is 2. The predicted molar refractivity (Wildman–Crippen MR) is 106 cm³/mol. The molecule has 2 aliphatic heterocycles. The Bertz CT molecular complexity index is 467. The molecule has 2 heterocycles. The Morgan fingerprint density at radius 2 is 1.27 bits per heavy atom. The van der Waals surface area contributed by atoms with Crippen molar-refractivity contribution in [3.8, 4) is 0 Å². The Balaban J connectivity index is 1.23. The van der Waals surface area contributed by atoms with Gasteiger partial charge in [0.2, 0.25) is 0 Å². The van der Waals surface area contributed by atoms with Gasteiger partial charge in [-0.25, -0.2) is 0 Å². The molecule has 0 amide bonds. The molecule has 0 aromatic heterocycles. The third kappa shape index (κ3) is 3.06. The highest BCUT2D eigenvalue weighted by Gasteiger charge is 2.52. The van der Waals surface area contributed by atoms with E-state index in [4.69, 9.17) is 0 Å². The maximum atomic E-state index is 11.0. The molecule has 148 valence electrons. The molecule has 5 fully saturated rings. The van der Waals surface area contributed by atoms with Gasteiger partial charge < -0.3 is 10.0 Å². The summed E-state index contributed by atoms with van der Waals surface area (Å²) in [6.07, 6.45) is 19.3. The van der Waals surface area contributed by atoms with E-state index in [1.807, 2.05) is 0 Å². The summed E-state index contributed by atoms with van der Waals surface area (Å²) in [5.74, 6) is 2.08. The van der Waals surface area contributed by atoms with Gasteiger partial charge in [0.1, 0.15) is 0 Å². The fraction of sp³-hybridized carbons (Fsp3) is 1.00. The zero-order chi connectivity index (χ0) is 17.6. The molecule has 3 nitrogen and oxygen atoms in total. The molecule has 2 saturated heterocycles. The van der Waals surface area contributed by atoms with Crippen LogP contribution in [0.15, 0.2) is 0 Å². The summed E-state index contributed by atoms with van der Waals surface area (Å²) >= 11 is 0. The van der Waals surface area contributed by atoms with Crippen LogP contribution >= 0.6 is 0 Å². The molecular formula is C23H40N2O. The van der Waals surface area contributed by atoms with Crippen molar-refractivity contribution >= 4 is 0 Å². The fourth-order valence-corrected chi connectivity index (χ4v) is 7.78. The minimum Gasteiger partial charge on any atom is -0.391 e. The minimum absolute atomic E-state index is 0.0715. The van der Waals surface area contributed by atoms with Gasteiger partial charge in [-0.1, -0.05) is 44.9 Å². The van der Waals surface area contributed by atoms with Gasteiger partial charge in [-0.3, -0.25) is 4.90 Å². The first-order valence-corrected chi connectivity index (χ1v) is 12.0. The predicted octanol–water partition coefficient (Wildman–Crippen LogP) is 4.19. The molecule has 1 spiro atoms. The standard InChI is InChI=1S/C23H40N2O/c26-22-10-13-25(20-8-2-1-3-9-20)23(22)11-14-24(15-12-23)21-16-18-6-4-5-7-19(18)17-21/h18-22,26H,1-17H2. The summed E-state index contributed by atoms with van der Waals surface area (Å²) in [4.78, 5) is 5.65. The molecule has 0 aromatic carbocycles. The molecule has 3 atom stereocenters. The lowest BCUT2D eigenvalue weighted by atomic mass is 9.80. The summed E-state index contributed by atoms with van der Waals surface area (Å²) in [7, 11) is 0. The number of piperidine rings is 1. The van der Waals surface area contributed by atoms with E-state index in [2.05, 4.69) is 9.80 Å². The van der Waals surface area contributed by atoms with Crippen molar-refractivity contribution in [1.29, 1.82) is 0 Å². The molecule has 0 bridgehead atoms. The molecular weight excluding hydrogens is 320 g/mol. The maximum Gasteiger partial charge on any atom is 0.0737 e. The number of hydrogen-bond donors (Lipinski definition) is 1. The van der Waals surface area contributed by atoms with Crippen molar-refractivity contribution in [2.24, 2.45) is 11.8 Å². The third-order valence-corrected chi connectivity index (χ3v) is 9.25. The van der Waals surface area contributed by atoms with E-state index < -0.39 is 0 Å². The van der Waals surface area contributed by atoms with Gasteiger partial charge in [-0.05, 0) is 56.8 Å². The number of aliphatic hydroxyl groups excluding tert-OH is 1. The average Bonchev–Trinajstić information content (AvgIpc) is 3.25. The molecule has 1 N–H and O–H groups in total.